The van der Waals surface area contributed by atoms with Gasteiger partial charge in [0.15, 0.2) is 0 Å². The molecule has 0 heterocycles. The summed E-state index contributed by atoms with van der Waals surface area (Å²) in [6.07, 6.45) is 5.35. The van der Waals surface area contributed by atoms with Crippen molar-refractivity contribution >= 4 is 5.69 Å². The highest BCUT2D eigenvalue weighted by molar-refractivity contribution is 5.51. The second-order valence-corrected chi connectivity index (χ2v) is 7.19. The summed E-state index contributed by atoms with van der Waals surface area (Å²) in [7, 11) is 1.73. The number of rotatable bonds is 3. The minimum Gasteiger partial charge on any atom is -0.496 e. The number of ether oxygens (including phenoxy) is 1. The molecule has 1 aromatic rings. The highest BCUT2D eigenvalue weighted by Crippen LogP contribution is 2.39. The minimum atomic E-state index is 0.375. The molecule has 1 N–H and O–H groups in total. The second kappa shape index (κ2) is 6.07. The third kappa shape index (κ3) is 3.47. The van der Waals surface area contributed by atoms with Crippen LogP contribution in [0.15, 0.2) is 18.2 Å². The van der Waals surface area contributed by atoms with Crippen LogP contribution in [0.3, 0.4) is 0 Å². The SMILES string of the molecule is COc1ccc(NC2CCCCC2C(C)(C)C)cc1C. The van der Waals surface area contributed by atoms with Gasteiger partial charge in [-0.15, -0.1) is 0 Å². The van der Waals surface area contributed by atoms with E-state index in [1.165, 1.54) is 36.9 Å². The Morgan fingerprint density at radius 2 is 1.85 bits per heavy atom. The van der Waals surface area contributed by atoms with Crippen molar-refractivity contribution in [1.82, 2.24) is 0 Å². The standard InChI is InChI=1S/C18H29NO/c1-13-12-14(10-11-17(13)20-5)19-16-9-7-6-8-15(16)18(2,3)4/h10-12,15-16,19H,6-9H2,1-5H3. The first kappa shape index (κ1) is 15.2. The average Bonchev–Trinajstić information content (AvgIpc) is 2.38. The van der Waals surface area contributed by atoms with E-state index in [9.17, 15) is 0 Å². The maximum Gasteiger partial charge on any atom is 0.121 e. The molecule has 0 aliphatic heterocycles. The number of nitrogens with one attached hydrogen (secondary N) is 1. The first-order valence-corrected chi connectivity index (χ1v) is 7.83. The van der Waals surface area contributed by atoms with E-state index < -0.39 is 0 Å². The van der Waals surface area contributed by atoms with Gasteiger partial charge >= 0.3 is 0 Å². The Hall–Kier alpha value is -1.18. The van der Waals surface area contributed by atoms with Gasteiger partial charge in [-0.2, -0.15) is 0 Å². The summed E-state index contributed by atoms with van der Waals surface area (Å²) in [6, 6.07) is 7.00. The van der Waals surface area contributed by atoms with Crippen molar-refractivity contribution in [1.29, 1.82) is 0 Å². The van der Waals surface area contributed by atoms with E-state index in [2.05, 4.69) is 51.2 Å². The topological polar surface area (TPSA) is 21.3 Å². The van der Waals surface area contributed by atoms with Crippen LogP contribution in [0.4, 0.5) is 5.69 Å². The van der Waals surface area contributed by atoms with E-state index in [0.29, 0.717) is 11.5 Å². The van der Waals surface area contributed by atoms with Gasteiger partial charge in [-0.1, -0.05) is 33.6 Å². The second-order valence-electron chi connectivity index (χ2n) is 7.19. The molecule has 0 saturated heterocycles. The molecule has 1 fully saturated rings. The molecule has 1 aliphatic carbocycles. The van der Waals surface area contributed by atoms with Crippen LogP contribution in [0.5, 0.6) is 5.75 Å². The van der Waals surface area contributed by atoms with Crippen LogP contribution in [0.1, 0.15) is 52.0 Å². The lowest BCUT2D eigenvalue weighted by Gasteiger charge is -2.41. The Balaban J connectivity index is 2.12. The number of aryl methyl sites for hydroxylation is 1. The lowest BCUT2D eigenvalue weighted by atomic mass is 9.69. The van der Waals surface area contributed by atoms with Crippen molar-refractivity contribution in [3.05, 3.63) is 23.8 Å². The predicted octanol–water partition coefficient (Wildman–Crippen LogP) is 5.02. The molecule has 0 radical (unpaired) electrons. The number of hydrogen-bond donors (Lipinski definition) is 1. The molecule has 0 bridgehead atoms. The largest absolute Gasteiger partial charge is 0.496 e. The van der Waals surface area contributed by atoms with Gasteiger partial charge in [-0.3, -0.25) is 0 Å². The normalized spacial score (nSPS) is 23.4. The minimum absolute atomic E-state index is 0.375. The summed E-state index contributed by atoms with van der Waals surface area (Å²) in [6.45, 7) is 9.22. The molecule has 2 heteroatoms. The van der Waals surface area contributed by atoms with Crippen LogP contribution in [0.25, 0.3) is 0 Å². The average molecular weight is 275 g/mol. The molecular formula is C18H29NO. The zero-order chi connectivity index (χ0) is 14.8. The van der Waals surface area contributed by atoms with Gasteiger partial charge in [-0.25, -0.2) is 0 Å². The fraction of sp³-hybridized carbons (Fsp3) is 0.667. The summed E-state index contributed by atoms with van der Waals surface area (Å²) in [5.74, 6) is 1.71. The van der Waals surface area contributed by atoms with Crippen molar-refractivity contribution in [2.45, 2.75) is 59.4 Å². The van der Waals surface area contributed by atoms with Gasteiger partial charge in [0, 0.05) is 11.7 Å². The zero-order valence-corrected chi connectivity index (χ0v) is 13.6. The van der Waals surface area contributed by atoms with Crippen LogP contribution in [0.2, 0.25) is 0 Å². The van der Waals surface area contributed by atoms with E-state index >= 15 is 0 Å². The molecule has 2 atom stereocenters. The summed E-state index contributed by atoms with van der Waals surface area (Å²) >= 11 is 0. The van der Waals surface area contributed by atoms with Crippen molar-refractivity contribution in [3.8, 4) is 5.75 Å². The van der Waals surface area contributed by atoms with E-state index in [1.54, 1.807) is 7.11 Å². The van der Waals surface area contributed by atoms with Gasteiger partial charge in [0.1, 0.15) is 5.75 Å². The maximum absolute atomic E-state index is 5.34. The van der Waals surface area contributed by atoms with Crippen molar-refractivity contribution in [3.63, 3.8) is 0 Å². The fourth-order valence-corrected chi connectivity index (χ4v) is 3.52. The molecule has 2 nitrogen and oxygen atoms in total. The van der Waals surface area contributed by atoms with Gasteiger partial charge in [0.2, 0.25) is 0 Å². The Kier molecular flexibility index (Phi) is 4.62. The van der Waals surface area contributed by atoms with E-state index in [4.69, 9.17) is 4.74 Å². The molecule has 1 saturated carbocycles. The Labute approximate surface area is 123 Å². The number of hydrogen-bond acceptors (Lipinski definition) is 2. The molecule has 1 aromatic carbocycles. The molecular weight excluding hydrogens is 246 g/mol. The quantitative estimate of drug-likeness (QED) is 0.836. The fourth-order valence-electron chi connectivity index (χ4n) is 3.52. The summed E-state index contributed by atoms with van der Waals surface area (Å²) in [4.78, 5) is 0. The number of benzene rings is 1. The smallest absolute Gasteiger partial charge is 0.121 e. The Morgan fingerprint density at radius 3 is 2.45 bits per heavy atom. The lowest BCUT2D eigenvalue weighted by Crippen LogP contribution is -2.39. The van der Waals surface area contributed by atoms with E-state index in [-0.39, 0.29) is 0 Å². The monoisotopic (exact) mass is 275 g/mol. The van der Waals surface area contributed by atoms with Crippen LogP contribution in [-0.4, -0.2) is 13.2 Å². The van der Waals surface area contributed by atoms with Crippen LogP contribution >= 0.6 is 0 Å². The Morgan fingerprint density at radius 1 is 1.15 bits per heavy atom. The first-order chi connectivity index (χ1) is 9.41. The Bertz CT molecular complexity index is 447. The number of anilines is 1. The van der Waals surface area contributed by atoms with Gasteiger partial charge in [0.05, 0.1) is 7.11 Å². The van der Waals surface area contributed by atoms with Crippen molar-refractivity contribution in [2.24, 2.45) is 11.3 Å². The summed E-state index contributed by atoms with van der Waals surface area (Å²) in [5.41, 5.74) is 2.80. The third-order valence-electron chi connectivity index (χ3n) is 4.63. The van der Waals surface area contributed by atoms with Crippen LogP contribution < -0.4 is 10.1 Å². The molecule has 0 amide bonds. The van der Waals surface area contributed by atoms with E-state index in [0.717, 1.165) is 11.7 Å². The maximum atomic E-state index is 5.34. The molecule has 1 aliphatic rings. The van der Waals surface area contributed by atoms with Crippen LogP contribution in [-0.2, 0) is 0 Å². The number of methoxy groups -OCH3 is 1. The van der Waals surface area contributed by atoms with Gasteiger partial charge in [0.25, 0.3) is 0 Å². The highest BCUT2D eigenvalue weighted by atomic mass is 16.5. The summed E-state index contributed by atoms with van der Waals surface area (Å²) in [5, 5.41) is 3.77. The highest BCUT2D eigenvalue weighted by Gasteiger charge is 2.33. The van der Waals surface area contributed by atoms with Crippen molar-refractivity contribution < 1.29 is 4.74 Å². The molecule has 20 heavy (non-hydrogen) atoms. The molecule has 2 unspecified atom stereocenters. The molecule has 0 aromatic heterocycles. The molecule has 2 rings (SSSR count). The predicted molar refractivity (Wildman–Crippen MR) is 86.6 cm³/mol. The first-order valence-electron chi connectivity index (χ1n) is 7.83. The van der Waals surface area contributed by atoms with Crippen LogP contribution in [0, 0.1) is 18.3 Å². The summed E-state index contributed by atoms with van der Waals surface area (Å²) < 4.78 is 5.34. The molecule has 0 spiro atoms. The van der Waals surface area contributed by atoms with Gasteiger partial charge < -0.3 is 10.1 Å². The molecule has 112 valence electrons. The zero-order valence-electron chi connectivity index (χ0n) is 13.6. The van der Waals surface area contributed by atoms with Gasteiger partial charge in [-0.05, 0) is 54.9 Å². The lowest BCUT2D eigenvalue weighted by molar-refractivity contribution is 0.163. The third-order valence-corrected chi connectivity index (χ3v) is 4.63. The van der Waals surface area contributed by atoms with E-state index in [1.807, 2.05) is 0 Å². The van der Waals surface area contributed by atoms with Crippen molar-refractivity contribution in [2.75, 3.05) is 12.4 Å².